The Morgan fingerprint density at radius 2 is 2.10 bits per heavy atom. The van der Waals surface area contributed by atoms with E-state index < -0.39 is 0 Å². The van der Waals surface area contributed by atoms with Crippen molar-refractivity contribution in [3.05, 3.63) is 35.6 Å². The van der Waals surface area contributed by atoms with E-state index >= 15 is 0 Å². The topological polar surface area (TPSA) is 47.3 Å². The molecule has 2 atom stereocenters. The molecule has 1 aromatic carbocycles. The molecule has 0 aliphatic carbocycles. The fourth-order valence-corrected chi connectivity index (χ4v) is 2.64. The number of hydrogen-bond donors (Lipinski definition) is 2. The van der Waals surface area contributed by atoms with Crippen LogP contribution < -0.4 is 11.1 Å². The van der Waals surface area contributed by atoms with Crippen LogP contribution in [0, 0.1) is 5.82 Å². The van der Waals surface area contributed by atoms with Crippen LogP contribution in [0.15, 0.2) is 24.3 Å². The number of ether oxygens (including phenoxy) is 1. The summed E-state index contributed by atoms with van der Waals surface area (Å²) in [5.74, 6) is -0.206. The highest BCUT2D eigenvalue weighted by Crippen LogP contribution is 2.25. The van der Waals surface area contributed by atoms with Crippen LogP contribution in [-0.2, 0) is 11.2 Å². The SMILES string of the molecule is CC(CN)(Cc1ccc(F)cc1)NCC1(C)CCCO1. The normalized spacial score (nSPS) is 25.6. The summed E-state index contributed by atoms with van der Waals surface area (Å²) in [5.41, 5.74) is 6.74. The minimum absolute atomic E-state index is 0.0841. The Bertz CT molecular complexity index is 429. The van der Waals surface area contributed by atoms with E-state index in [4.69, 9.17) is 10.5 Å². The standard InChI is InChI=1S/C16H25FN2O/c1-15(11-18,10-13-4-6-14(17)7-5-13)19-12-16(2)8-3-9-20-16/h4-7,19H,3,8-12,18H2,1-2H3. The van der Waals surface area contributed by atoms with E-state index in [-0.39, 0.29) is 17.0 Å². The van der Waals surface area contributed by atoms with Gasteiger partial charge < -0.3 is 15.8 Å². The number of rotatable bonds is 6. The molecule has 0 bridgehead atoms. The van der Waals surface area contributed by atoms with Crippen molar-refractivity contribution in [3.63, 3.8) is 0 Å². The van der Waals surface area contributed by atoms with Crippen molar-refractivity contribution in [2.75, 3.05) is 19.7 Å². The quantitative estimate of drug-likeness (QED) is 0.840. The Balaban J connectivity index is 1.95. The molecule has 4 heteroatoms. The van der Waals surface area contributed by atoms with Gasteiger partial charge in [-0.25, -0.2) is 4.39 Å². The molecule has 20 heavy (non-hydrogen) atoms. The highest BCUT2D eigenvalue weighted by atomic mass is 19.1. The van der Waals surface area contributed by atoms with Crippen LogP contribution in [0.3, 0.4) is 0 Å². The molecule has 0 aromatic heterocycles. The zero-order chi connectivity index (χ0) is 14.6. The van der Waals surface area contributed by atoms with Gasteiger partial charge in [0.2, 0.25) is 0 Å². The number of nitrogens with two attached hydrogens (primary N) is 1. The highest BCUT2D eigenvalue weighted by Gasteiger charge is 2.32. The number of hydrogen-bond acceptors (Lipinski definition) is 3. The van der Waals surface area contributed by atoms with E-state index in [1.165, 1.54) is 12.1 Å². The second-order valence-electron chi connectivity index (χ2n) is 6.32. The van der Waals surface area contributed by atoms with Crippen molar-refractivity contribution in [3.8, 4) is 0 Å². The van der Waals surface area contributed by atoms with Crippen LogP contribution in [0.1, 0.15) is 32.3 Å². The first-order valence-corrected chi connectivity index (χ1v) is 7.28. The zero-order valence-electron chi connectivity index (χ0n) is 12.4. The molecule has 1 heterocycles. The molecule has 3 N–H and O–H groups in total. The van der Waals surface area contributed by atoms with Crippen molar-refractivity contribution in [1.29, 1.82) is 0 Å². The molecule has 3 nitrogen and oxygen atoms in total. The van der Waals surface area contributed by atoms with Gasteiger partial charge in [-0.05, 0) is 50.8 Å². The average molecular weight is 280 g/mol. The Hall–Kier alpha value is -0.970. The third-order valence-electron chi connectivity index (χ3n) is 4.15. The van der Waals surface area contributed by atoms with E-state index in [0.717, 1.165) is 38.0 Å². The van der Waals surface area contributed by atoms with Gasteiger partial charge in [-0.2, -0.15) is 0 Å². The first kappa shape index (κ1) is 15.4. The Morgan fingerprint density at radius 3 is 2.65 bits per heavy atom. The lowest BCUT2D eigenvalue weighted by Crippen LogP contribution is -2.54. The molecule has 1 aliphatic rings. The van der Waals surface area contributed by atoms with Crippen LogP contribution in [-0.4, -0.2) is 30.8 Å². The van der Waals surface area contributed by atoms with Crippen LogP contribution in [0.25, 0.3) is 0 Å². The van der Waals surface area contributed by atoms with Gasteiger partial charge in [-0.3, -0.25) is 0 Å². The summed E-state index contributed by atoms with van der Waals surface area (Å²) < 4.78 is 18.7. The van der Waals surface area contributed by atoms with E-state index in [1.807, 2.05) is 12.1 Å². The van der Waals surface area contributed by atoms with Gasteiger partial charge in [-0.1, -0.05) is 12.1 Å². The second-order valence-corrected chi connectivity index (χ2v) is 6.32. The summed E-state index contributed by atoms with van der Waals surface area (Å²) in [6.45, 7) is 6.41. The smallest absolute Gasteiger partial charge is 0.123 e. The summed E-state index contributed by atoms with van der Waals surface area (Å²) in [7, 11) is 0. The maximum absolute atomic E-state index is 12.9. The minimum Gasteiger partial charge on any atom is -0.374 e. The molecule has 0 radical (unpaired) electrons. The lowest BCUT2D eigenvalue weighted by Gasteiger charge is -2.34. The van der Waals surface area contributed by atoms with Crippen molar-refractivity contribution in [2.45, 2.75) is 44.2 Å². The second kappa shape index (κ2) is 6.20. The average Bonchev–Trinajstić information content (AvgIpc) is 2.87. The van der Waals surface area contributed by atoms with Gasteiger partial charge in [-0.15, -0.1) is 0 Å². The number of nitrogens with one attached hydrogen (secondary N) is 1. The van der Waals surface area contributed by atoms with Gasteiger partial charge in [0.05, 0.1) is 5.60 Å². The number of benzene rings is 1. The molecule has 2 rings (SSSR count). The van der Waals surface area contributed by atoms with Gasteiger partial charge in [0.15, 0.2) is 0 Å². The molecule has 0 spiro atoms. The lowest BCUT2D eigenvalue weighted by atomic mass is 9.91. The van der Waals surface area contributed by atoms with Gasteiger partial charge in [0.25, 0.3) is 0 Å². The van der Waals surface area contributed by atoms with Crippen LogP contribution in [0.4, 0.5) is 4.39 Å². The van der Waals surface area contributed by atoms with E-state index in [1.54, 1.807) is 0 Å². The highest BCUT2D eigenvalue weighted by molar-refractivity contribution is 5.19. The fourth-order valence-electron chi connectivity index (χ4n) is 2.64. The van der Waals surface area contributed by atoms with Crippen LogP contribution in [0.2, 0.25) is 0 Å². The van der Waals surface area contributed by atoms with Gasteiger partial charge >= 0.3 is 0 Å². The third kappa shape index (κ3) is 4.01. The minimum atomic E-state index is -0.206. The summed E-state index contributed by atoms with van der Waals surface area (Å²) in [4.78, 5) is 0. The summed E-state index contributed by atoms with van der Waals surface area (Å²) in [6, 6.07) is 6.62. The summed E-state index contributed by atoms with van der Waals surface area (Å²) in [6.07, 6.45) is 2.98. The maximum Gasteiger partial charge on any atom is 0.123 e. The van der Waals surface area contributed by atoms with Crippen molar-refractivity contribution < 1.29 is 9.13 Å². The van der Waals surface area contributed by atoms with Gasteiger partial charge in [0, 0.05) is 25.2 Å². The molecule has 1 aromatic rings. The molecule has 1 fully saturated rings. The monoisotopic (exact) mass is 280 g/mol. The number of halogens is 1. The van der Waals surface area contributed by atoms with E-state index in [0.29, 0.717) is 6.54 Å². The fraction of sp³-hybridized carbons (Fsp3) is 0.625. The Kier molecular flexibility index (Phi) is 4.78. The first-order chi connectivity index (χ1) is 9.45. The van der Waals surface area contributed by atoms with E-state index in [9.17, 15) is 4.39 Å². The molecule has 0 amide bonds. The molecule has 112 valence electrons. The molecular weight excluding hydrogens is 255 g/mol. The molecule has 2 unspecified atom stereocenters. The summed E-state index contributed by atoms with van der Waals surface area (Å²) >= 11 is 0. The lowest BCUT2D eigenvalue weighted by molar-refractivity contribution is 0.0151. The predicted octanol–water partition coefficient (Wildman–Crippen LogP) is 2.24. The molecule has 1 aliphatic heterocycles. The Morgan fingerprint density at radius 1 is 1.40 bits per heavy atom. The van der Waals surface area contributed by atoms with Crippen molar-refractivity contribution in [1.82, 2.24) is 5.32 Å². The van der Waals surface area contributed by atoms with Crippen LogP contribution in [0.5, 0.6) is 0 Å². The molecule has 0 saturated carbocycles. The summed E-state index contributed by atoms with van der Waals surface area (Å²) in [5, 5.41) is 3.55. The van der Waals surface area contributed by atoms with Crippen LogP contribution >= 0.6 is 0 Å². The third-order valence-corrected chi connectivity index (χ3v) is 4.15. The predicted molar refractivity (Wildman–Crippen MR) is 79.2 cm³/mol. The zero-order valence-corrected chi connectivity index (χ0v) is 12.4. The maximum atomic E-state index is 12.9. The van der Waals surface area contributed by atoms with E-state index in [2.05, 4.69) is 19.2 Å². The van der Waals surface area contributed by atoms with Crippen molar-refractivity contribution >= 4 is 0 Å². The van der Waals surface area contributed by atoms with Gasteiger partial charge in [0.1, 0.15) is 5.82 Å². The molecule has 1 saturated heterocycles. The largest absolute Gasteiger partial charge is 0.374 e. The van der Waals surface area contributed by atoms with Crippen molar-refractivity contribution in [2.24, 2.45) is 5.73 Å². The Labute approximate surface area is 120 Å². The molecular formula is C16H25FN2O. The first-order valence-electron chi connectivity index (χ1n) is 7.28.